The first-order valence-corrected chi connectivity index (χ1v) is 11.9. The molecular formula is C27H30N4O5. The van der Waals surface area contributed by atoms with E-state index in [1.807, 2.05) is 50.2 Å². The lowest BCUT2D eigenvalue weighted by molar-refractivity contribution is -0.126. The number of carbonyl (C=O) groups excluding carboxylic acids is 2. The first-order chi connectivity index (χ1) is 17.6. The van der Waals surface area contributed by atoms with Crippen molar-refractivity contribution in [1.82, 2.24) is 20.2 Å². The summed E-state index contributed by atoms with van der Waals surface area (Å²) in [5.41, 5.74) is 2.69. The Morgan fingerprint density at radius 2 is 1.92 bits per heavy atom. The van der Waals surface area contributed by atoms with Crippen molar-refractivity contribution in [3.05, 3.63) is 83.4 Å². The van der Waals surface area contributed by atoms with E-state index in [-0.39, 0.29) is 24.9 Å². The molecule has 2 aromatic carbocycles. The van der Waals surface area contributed by atoms with Crippen LogP contribution in [0.1, 0.15) is 46.6 Å². The summed E-state index contributed by atoms with van der Waals surface area (Å²) in [6.45, 7) is 5.80. The third-order valence-corrected chi connectivity index (χ3v) is 5.75. The number of benzene rings is 2. The highest BCUT2D eigenvalue weighted by molar-refractivity contribution is 5.96. The van der Waals surface area contributed by atoms with Crippen LogP contribution in [-0.2, 0) is 16.1 Å². The number of amides is 2. The summed E-state index contributed by atoms with van der Waals surface area (Å²) in [5.74, 6) is 0.559. The van der Waals surface area contributed by atoms with Gasteiger partial charge in [-0.2, -0.15) is 0 Å². The highest BCUT2D eigenvalue weighted by Gasteiger charge is 2.33. The predicted octanol–water partition coefficient (Wildman–Crippen LogP) is 3.44. The Morgan fingerprint density at radius 1 is 1.11 bits per heavy atom. The first-order valence-electron chi connectivity index (χ1n) is 11.9. The molecule has 9 heteroatoms. The van der Waals surface area contributed by atoms with Gasteiger partial charge in [0.1, 0.15) is 11.7 Å². The molecule has 1 atom stereocenters. The van der Waals surface area contributed by atoms with Crippen LogP contribution in [0.4, 0.5) is 0 Å². The number of ether oxygens (including phenoxy) is 3. The Kier molecular flexibility index (Phi) is 8.46. The molecule has 1 aliphatic rings. The van der Waals surface area contributed by atoms with Gasteiger partial charge in [-0.1, -0.05) is 35.9 Å². The van der Waals surface area contributed by atoms with E-state index in [1.165, 1.54) is 23.5 Å². The summed E-state index contributed by atoms with van der Waals surface area (Å²) < 4.78 is 16.3. The van der Waals surface area contributed by atoms with E-state index < -0.39 is 11.9 Å². The van der Waals surface area contributed by atoms with Gasteiger partial charge < -0.3 is 24.4 Å². The quantitative estimate of drug-likeness (QED) is 0.411. The van der Waals surface area contributed by atoms with Crippen LogP contribution in [0, 0.1) is 6.92 Å². The number of carbonyl (C=O) groups is 2. The van der Waals surface area contributed by atoms with Crippen molar-refractivity contribution in [3.8, 4) is 11.5 Å². The SMILES string of the molecule is CCOCCCNC(=O)[C@H](c1ccc(C)cc1)N(Cc1ccc2c(c1)OCO2)C(=O)c1cnccn1. The van der Waals surface area contributed by atoms with Crippen LogP contribution in [0.15, 0.2) is 61.1 Å². The fraction of sp³-hybridized carbons (Fsp3) is 0.333. The van der Waals surface area contributed by atoms with Crippen LogP contribution in [0.3, 0.4) is 0 Å². The standard InChI is InChI=1S/C27H30N4O5/c1-3-34-14-4-11-30-26(32)25(21-8-5-19(2)6-9-21)31(27(33)22-16-28-12-13-29-22)17-20-7-10-23-24(15-20)36-18-35-23/h5-10,12-13,15-16,25H,3-4,11,14,17-18H2,1-2H3,(H,30,32)/t25-/m0/s1. The second-order valence-electron chi connectivity index (χ2n) is 8.37. The van der Waals surface area contributed by atoms with E-state index in [2.05, 4.69) is 15.3 Å². The Bertz CT molecular complexity index is 1170. The molecule has 1 aliphatic heterocycles. The van der Waals surface area contributed by atoms with Crippen LogP contribution < -0.4 is 14.8 Å². The zero-order chi connectivity index (χ0) is 25.3. The molecule has 3 aromatic rings. The molecule has 0 saturated carbocycles. The zero-order valence-electron chi connectivity index (χ0n) is 20.5. The third-order valence-electron chi connectivity index (χ3n) is 5.75. The fourth-order valence-corrected chi connectivity index (χ4v) is 3.92. The molecule has 4 rings (SSSR count). The molecule has 0 unspecified atom stereocenters. The molecule has 0 fully saturated rings. The van der Waals surface area contributed by atoms with E-state index in [9.17, 15) is 9.59 Å². The van der Waals surface area contributed by atoms with Gasteiger partial charge in [0, 0.05) is 38.7 Å². The average molecular weight is 491 g/mol. The van der Waals surface area contributed by atoms with Crippen LogP contribution in [0.2, 0.25) is 0 Å². The van der Waals surface area contributed by atoms with Crippen molar-refractivity contribution in [2.75, 3.05) is 26.6 Å². The molecule has 2 amide bonds. The number of nitrogens with one attached hydrogen (secondary N) is 1. The minimum Gasteiger partial charge on any atom is -0.454 e. The lowest BCUT2D eigenvalue weighted by Crippen LogP contribution is -2.44. The fourth-order valence-electron chi connectivity index (χ4n) is 3.92. The van der Waals surface area contributed by atoms with Crippen molar-refractivity contribution in [3.63, 3.8) is 0 Å². The highest BCUT2D eigenvalue weighted by atomic mass is 16.7. The van der Waals surface area contributed by atoms with Crippen molar-refractivity contribution in [2.24, 2.45) is 0 Å². The lowest BCUT2D eigenvalue weighted by Gasteiger charge is -2.31. The average Bonchev–Trinajstić information content (AvgIpc) is 3.37. The summed E-state index contributed by atoms with van der Waals surface area (Å²) in [7, 11) is 0. The minimum atomic E-state index is -0.891. The summed E-state index contributed by atoms with van der Waals surface area (Å²) in [4.78, 5) is 37.1. The van der Waals surface area contributed by atoms with Crippen LogP contribution in [0.5, 0.6) is 11.5 Å². The number of hydrogen-bond donors (Lipinski definition) is 1. The summed E-state index contributed by atoms with van der Waals surface area (Å²) in [6, 6.07) is 12.2. The largest absolute Gasteiger partial charge is 0.454 e. The van der Waals surface area contributed by atoms with E-state index in [4.69, 9.17) is 14.2 Å². The molecule has 0 spiro atoms. The Hall–Kier alpha value is -3.98. The zero-order valence-corrected chi connectivity index (χ0v) is 20.5. The van der Waals surface area contributed by atoms with Gasteiger partial charge in [0.25, 0.3) is 5.91 Å². The molecule has 0 aliphatic carbocycles. The molecule has 1 aromatic heterocycles. The smallest absolute Gasteiger partial charge is 0.275 e. The molecule has 1 N–H and O–H groups in total. The number of rotatable bonds is 11. The first kappa shape index (κ1) is 25.1. The molecule has 2 heterocycles. The maximum Gasteiger partial charge on any atom is 0.275 e. The third kappa shape index (κ3) is 6.17. The van der Waals surface area contributed by atoms with Gasteiger partial charge in [0.15, 0.2) is 11.5 Å². The number of aromatic nitrogens is 2. The second-order valence-corrected chi connectivity index (χ2v) is 8.37. The van der Waals surface area contributed by atoms with Crippen molar-refractivity contribution >= 4 is 11.8 Å². The van der Waals surface area contributed by atoms with Crippen molar-refractivity contribution < 1.29 is 23.8 Å². The van der Waals surface area contributed by atoms with Gasteiger partial charge in [0.2, 0.25) is 12.7 Å². The number of fused-ring (bicyclic) bond motifs is 1. The minimum absolute atomic E-state index is 0.150. The van der Waals surface area contributed by atoms with Gasteiger partial charge in [-0.3, -0.25) is 14.6 Å². The number of hydrogen-bond acceptors (Lipinski definition) is 7. The van der Waals surface area contributed by atoms with E-state index >= 15 is 0 Å². The van der Waals surface area contributed by atoms with Crippen LogP contribution >= 0.6 is 0 Å². The van der Waals surface area contributed by atoms with Gasteiger partial charge in [-0.05, 0) is 43.5 Å². The highest BCUT2D eigenvalue weighted by Crippen LogP contribution is 2.34. The summed E-state index contributed by atoms with van der Waals surface area (Å²) in [5, 5.41) is 2.98. The predicted molar refractivity (Wildman–Crippen MR) is 133 cm³/mol. The molecule has 0 radical (unpaired) electrons. The van der Waals surface area contributed by atoms with E-state index in [1.54, 1.807) is 6.07 Å². The van der Waals surface area contributed by atoms with E-state index in [0.717, 1.165) is 11.1 Å². The Balaban J connectivity index is 1.68. The Morgan fingerprint density at radius 3 is 2.67 bits per heavy atom. The van der Waals surface area contributed by atoms with Gasteiger partial charge in [-0.15, -0.1) is 0 Å². The van der Waals surface area contributed by atoms with E-state index in [0.29, 0.717) is 43.2 Å². The Labute approximate surface area is 210 Å². The molecular weight excluding hydrogens is 460 g/mol. The van der Waals surface area contributed by atoms with Gasteiger partial charge >= 0.3 is 0 Å². The topological polar surface area (TPSA) is 103 Å². The molecule has 0 bridgehead atoms. The summed E-state index contributed by atoms with van der Waals surface area (Å²) in [6.07, 6.45) is 5.03. The summed E-state index contributed by atoms with van der Waals surface area (Å²) >= 11 is 0. The van der Waals surface area contributed by atoms with Crippen LogP contribution in [0.25, 0.3) is 0 Å². The number of nitrogens with zero attached hydrogens (tertiary/aromatic N) is 3. The normalized spacial score (nSPS) is 12.7. The van der Waals surface area contributed by atoms with Crippen molar-refractivity contribution in [1.29, 1.82) is 0 Å². The molecule has 188 valence electrons. The lowest BCUT2D eigenvalue weighted by atomic mass is 10.0. The van der Waals surface area contributed by atoms with Crippen LogP contribution in [-0.4, -0.2) is 53.2 Å². The molecule has 36 heavy (non-hydrogen) atoms. The van der Waals surface area contributed by atoms with Gasteiger partial charge in [0.05, 0.1) is 6.20 Å². The van der Waals surface area contributed by atoms with Gasteiger partial charge in [-0.25, -0.2) is 4.98 Å². The maximum absolute atomic E-state index is 13.8. The monoisotopic (exact) mass is 490 g/mol. The van der Waals surface area contributed by atoms with Crippen molar-refractivity contribution in [2.45, 2.75) is 32.9 Å². The molecule has 0 saturated heterocycles. The second kappa shape index (κ2) is 12.1. The number of aryl methyl sites for hydroxylation is 1. The molecule has 9 nitrogen and oxygen atoms in total. The maximum atomic E-state index is 13.8.